The molecule has 0 spiro atoms. The van der Waals surface area contributed by atoms with Gasteiger partial charge in [-0.1, -0.05) is 42.5 Å². The Labute approximate surface area is 147 Å². The lowest BCUT2D eigenvalue weighted by Crippen LogP contribution is -2.59. The molecule has 5 nitrogen and oxygen atoms in total. The fraction of sp³-hybridized carbons (Fsp3) is 0.250. The first-order valence-corrected chi connectivity index (χ1v) is 8.18. The second kappa shape index (κ2) is 7.18. The van der Waals surface area contributed by atoms with Crippen LogP contribution in [0.25, 0.3) is 0 Å². The predicted octanol–water partition coefficient (Wildman–Crippen LogP) is 2.95. The van der Waals surface area contributed by atoms with Crippen LogP contribution in [-0.2, 0) is 17.8 Å². The van der Waals surface area contributed by atoms with E-state index in [1.165, 1.54) is 9.80 Å². The van der Waals surface area contributed by atoms with E-state index in [1.807, 2.05) is 42.5 Å². The van der Waals surface area contributed by atoms with Gasteiger partial charge in [-0.25, -0.2) is 4.79 Å². The number of nitrogens with zero attached hydrogens (tertiary/aromatic N) is 3. The highest BCUT2D eigenvalue weighted by Gasteiger charge is 2.41. The van der Waals surface area contributed by atoms with Crippen molar-refractivity contribution in [2.45, 2.75) is 25.4 Å². The molecule has 1 atom stereocenters. The van der Waals surface area contributed by atoms with Crippen LogP contribution in [0.3, 0.4) is 0 Å². The Balaban J connectivity index is 1.63. The number of benzene rings is 2. The van der Waals surface area contributed by atoms with Gasteiger partial charge in [0.05, 0.1) is 17.7 Å². The molecule has 1 aliphatic heterocycles. The Bertz CT molecular complexity index is 809. The SMILES string of the molecule is CN(Cc1ccc(C#N)cc1)C(=O)N1C(=O)C[C@@H]1Cc1ccccc1. The molecule has 3 amide bonds. The minimum absolute atomic E-state index is 0.0779. The Hall–Kier alpha value is -3.13. The molecule has 0 aliphatic carbocycles. The molecule has 126 valence electrons. The lowest BCUT2D eigenvalue weighted by atomic mass is 9.95. The minimum Gasteiger partial charge on any atom is -0.323 e. The maximum absolute atomic E-state index is 12.6. The summed E-state index contributed by atoms with van der Waals surface area (Å²) in [5.41, 5.74) is 2.62. The van der Waals surface area contributed by atoms with E-state index in [-0.39, 0.29) is 18.0 Å². The van der Waals surface area contributed by atoms with E-state index < -0.39 is 0 Å². The summed E-state index contributed by atoms with van der Waals surface area (Å²) < 4.78 is 0. The van der Waals surface area contributed by atoms with Gasteiger partial charge in [-0.15, -0.1) is 0 Å². The number of hydrogen-bond donors (Lipinski definition) is 0. The third kappa shape index (κ3) is 3.69. The summed E-state index contributed by atoms with van der Waals surface area (Å²) in [6.07, 6.45) is 1.09. The van der Waals surface area contributed by atoms with E-state index in [2.05, 4.69) is 6.07 Å². The van der Waals surface area contributed by atoms with Gasteiger partial charge in [-0.3, -0.25) is 9.69 Å². The van der Waals surface area contributed by atoms with Crippen molar-refractivity contribution >= 4 is 11.9 Å². The van der Waals surface area contributed by atoms with Gasteiger partial charge in [0.1, 0.15) is 0 Å². The van der Waals surface area contributed by atoms with Crippen LogP contribution in [0.1, 0.15) is 23.1 Å². The van der Waals surface area contributed by atoms with Crippen LogP contribution in [0, 0.1) is 11.3 Å². The van der Waals surface area contributed by atoms with Crippen molar-refractivity contribution < 1.29 is 9.59 Å². The molecule has 0 radical (unpaired) electrons. The first-order chi connectivity index (χ1) is 12.1. The molecule has 1 heterocycles. The molecule has 0 saturated carbocycles. The molecular weight excluding hydrogens is 314 g/mol. The molecule has 1 saturated heterocycles. The van der Waals surface area contributed by atoms with Crippen LogP contribution < -0.4 is 0 Å². The number of urea groups is 1. The summed E-state index contributed by atoms with van der Waals surface area (Å²) >= 11 is 0. The van der Waals surface area contributed by atoms with Crippen molar-refractivity contribution in [2.75, 3.05) is 7.05 Å². The fourth-order valence-electron chi connectivity index (χ4n) is 3.00. The summed E-state index contributed by atoms with van der Waals surface area (Å²) in [7, 11) is 1.69. The lowest BCUT2D eigenvalue weighted by molar-refractivity contribution is -0.141. The molecule has 3 rings (SSSR count). The zero-order valence-electron chi connectivity index (χ0n) is 14.1. The van der Waals surface area contributed by atoms with E-state index >= 15 is 0 Å². The summed E-state index contributed by atoms with van der Waals surface area (Å²) in [5, 5.41) is 8.83. The van der Waals surface area contributed by atoms with Crippen LogP contribution in [-0.4, -0.2) is 34.8 Å². The molecule has 0 N–H and O–H groups in total. The molecule has 2 aromatic carbocycles. The van der Waals surface area contributed by atoms with E-state index in [0.29, 0.717) is 24.9 Å². The van der Waals surface area contributed by atoms with Crippen molar-refractivity contribution in [3.8, 4) is 6.07 Å². The molecule has 25 heavy (non-hydrogen) atoms. The number of β-lactam (4-membered cyclic amide) rings is 1. The zero-order valence-corrected chi connectivity index (χ0v) is 14.1. The number of hydrogen-bond acceptors (Lipinski definition) is 3. The van der Waals surface area contributed by atoms with E-state index in [1.54, 1.807) is 19.2 Å². The number of likely N-dealkylation sites (tertiary alicyclic amines) is 1. The fourth-order valence-corrected chi connectivity index (χ4v) is 3.00. The molecular formula is C20H19N3O2. The smallest absolute Gasteiger partial charge is 0.323 e. The Morgan fingerprint density at radius 2 is 1.84 bits per heavy atom. The molecule has 2 aromatic rings. The third-order valence-corrected chi connectivity index (χ3v) is 4.39. The van der Waals surface area contributed by atoms with Crippen LogP contribution in [0.5, 0.6) is 0 Å². The van der Waals surface area contributed by atoms with Crippen LogP contribution in [0.15, 0.2) is 54.6 Å². The first kappa shape index (κ1) is 16.7. The highest BCUT2D eigenvalue weighted by atomic mass is 16.2. The summed E-state index contributed by atoms with van der Waals surface area (Å²) in [6.45, 7) is 0.395. The van der Waals surface area contributed by atoms with Gasteiger partial charge >= 0.3 is 6.03 Å². The van der Waals surface area contributed by atoms with Crippen molar-refractivity contribution in [1.82, 2.24) is 9.80 Å². The molecule has 1 aliphatic rings. The van der Waals surface area contributed by atoms with Crippen LogP contribution in [0.2, 0.25) is 0 Å². The Morgan fingerprint density at radius 1 is 1.16 bits per heavy atom. The highest BCUT2D eigenvalue weighted by molar-refractivity contribution is 5.99. The van der Waals surface area contributed by atoms with E-state index in [0.717, 1.165) is 11.1 Å². The van der Waals surface area contributed by atoms with Gasteiger partial charge in [-0.05, 0) is 29.7 Å². The highest BCUT2D eigenvalue weighted by Crippen LogP contribution is 2.25. The van der Waals surface area contributed by atoms with E-state index in [9.17, 15) is 9.59 Å². The summed E-state index contributed by atoms with van der Waals surface area (Å²) in [4.78, 5) is 27.5. The average molecular weight is 333 g/mol. The van der Waals surface area contributed by atoms with Crippen molar-refractivity contribution in [3.63, 3.8) is 0 Å². The van der Waals surface area contributed by atoms with Crippen molar-refractivity contribution in [3.05, 3.63) is 71.3 Å². The topological polar surface area (TPSA) is 64.4 Å². The quantitative estimate of drug-likeness (QED) is 0.808. The van der Waals surface area contributed by atoms with Crippen LogP contribution in [0.4, 0.5) is 4.79 Å². The number of rotatable bonds is 4. The third-order valence-electron chi connectivity index (χ3n) is 4.39. The maximum atomic E-state index is 12.6. The zero-order chi connectivity index (χ0) is 17.8. The summed E-state index contributed by atoms with van der Waals surface area (Å²) in [6, 6.07) is 18.7. The average Bonchev–Trinajstić information content (AvgIpc) is 2.62. The number of amides is 3. The van der Waals surface area contributed by atoms with Gasteiger partial charge in [-0.2, -0.15) is 5.26 Å². The van der Waals surface area contributed by atoms with Crippen molar-refractivity contribution in [1.29, 1.82) is 5.26 Å². The van der Waals surface area contributed by atoms with Gasteiger partial charge in [0.15, 0.2) is 0 Å². The standard InChI is InChI=1S/C20H19N3O2/c1-22(14-17-9-7-16(13-21)8-10-17)20(25)23-18(12-19(23)24)11-15-5-3-2-4-6-15/h2-10,18H,11-12,14H2,1H3/t18-/m0/s1. The number of carbonyl (C=O) groups is 2. The summed E-state index contributed by atoms with van der Waals surface area (Å²) in [5.74, 6) is -0.127. The van der Waals surface area contributed by atoms with Gasteiger partial charge in [0, 0.05) is 20.0 Å². The molecule has 0 bridgehead atoms. The van der Waals surface area contributed by atoms with Gasteiger partial charge < -0.3 is 4.90 Å². The second-order valence-corrected chi connectivity index (χ2v) is 6.26. The van der Waals surface area contributed by atoms with E-state index in [4.69, 9.17) is 5.26 Å². The molecule has 0 aromatic heterocycles. The number of nitriles is 1. The predicted molar refractivity (Wildman–Crippen MR) is 93.4 cm³/mol. The molecule has 5 heteroatoms. The second-order valence-electron chi connectivity index (χ2n) is 6.26. The van der Waals surface area contributed by atoms with Gasteiger partial charge in [0.25, 0.3) is 0 Å². The number of carbonyl (C=O) groups excluding carboxylic acids is 2. The maximum Gasteiger partial charge on any atom is 0.327 e. The normalized spacial score (nSPS) is 16.1. The molecule has 0 unspecified atom stereocenters. The number of imide groups is 1. The first-order valence-electron chi connectivity index (χ1n) is 8.18. The van der Waals surface area contributed by atoms with Crippen LogP contribution >= 0.6 is 0 Å². The lowest BCUT2D eigenvalue weighted by Gasteiger charge is -2.40. The monoisotopic (exact) mass is 333 g/mol. The minimum atomic E-state index is -0.276. The van der Waals surface area contributed by atoms with Gasteiger partial charge in [0.2, 0.25) is 5.91 Å². The van der Waals surface area contributed by atoms with Crippen molar-refractivity contribution in [2.24, 2.45) is 0 Å². The molecule has 1 fully saturated rings. The Morgan fingerprint density at radius 3 is 2.44 bits per heavy atom. The Kier molecular flexibility index (Phi) is 4.80. The largest absolute Gasteiger partial charge is 0.327 e.